The molecule has 1 aromatic rings. The van der Waals surface area contributed by atoms with Crippen molar-refractivity contribution in [2.45, 2.75) is 6.85 Å². The van der Waals surface area contributed by atoms with Crippen LogP contribution in [0.25, 0.3) is 0 Å². The number of hydrogen-bond acceptors (Lipinski definition) is 3. The van der Waals surface area contributed by atoms with E-state index in [2.05, 4.69) is 4.98 Å². The largest absolute Gasteiger partial charge is 0.276 e. The van der Waals surface area contributed by atoms with Gasteiger partial charge in [0.15, 0.2) is 0 Å². The molecule has 5 heteroatoms. The summed E-state index contributed by atoms with van der Waals surface area (Å²) in [4.78, 5) is 13.2. The second-order valence-electron chi connectivity index (χ2n) is 1.78. The highest BCUT2D eigenvalue weighted by molar-refractivity contribution is 6.29. The maximum atomic E-state index is 10.5. The van der Waals surface area contributed by atoms with Crippen molar-refractivity contribution in [3.8, 4) is 0 Å². The van der Waals surface area contributed by atoms with Crippen LogP contribution in [0.4, 0.5) is 5.69 Å². The fourth-order valence-electron chi connectivity index (χ4n) is 0.571. The zero-order valence-electron chi connectivity index (χ0n) is 8.24. The Kier molecular flexibility index (Phi) is 1.20. The summed E-state index contributed by atoms with van der Waals surface area (Å²) in [5.74, 6) is 0. The Morgan fingerprint density at radius 2 is 2.64 bits per heavy atom. The van der Waals surface area contributed by atoms with Crippen LogP contribution in [0.3, 0.4) is 0 Å². The lowest BCUT2D eigenvalue weighted by Crippen LogP contribution is -1.92. The molecule has 58 valence electrons. The monoisotopic (exact) mass is 175 g/mol. The van der Waals surface area contributed by atoms with Crippen LogP contribution < -0.4 is 0 Å². The van der Waals surface area contributed by atoms with E-state index in [1.54, 1.807) is 0 Å². The first-order valence-corrected chi connectivity index (χ1v) is 3.00. The standard InChI is InChI=1S/C6H5ClN2O2/c1-4-3-8-6(7)2-5(4)9(10)11/h2-3H,1H3/i1D3. The minimum Gasteiger partial charge on any atom is -0.258 e. The van der Waals surface area contributed by atoms with Crippen LogP contribution in [0.1, 0.15) is 9.68 Å². The van der Waals surface area contributed by atoms with Gasteiger partial charge in [-0.25, -0.2) is 4.98 Å². The predicted molar refractivity (Wildman–Crippen MR) is 40.6 cm³/mol. The van der Waals surface area contributed by atoms with E-state index in [-0.39, 0.29) is 5.15 Å². The van der Waals surface area contributed by atoms with E-state index in [9.17, 15) is 10.1 Å². The van der Waals surface area contributed by atoms with E-state index in [1.165, 1.54) is 0 Å². The van der Waals surface area contributed by atoms with Crippen molar-refractivity contribution in [1.82, 2.24) is 4.98 Å². The molecule has 4 nitrogen and oxygen atoms in total. The van der Waals surface area contributed by atoms with E-state index in [0.29, 0.717) is 0 Å². The predicted octanol–water partition coefficient (Wildman–Crippen LogP) is 1.95. The second kappa shape index (κ2) is 2.84. The second-order valence-corrected chi connectivity index (χ2v) is 2.17. The molecule has 1 heterocycles. The van der Waals surface area contributed by atoms with E-state index in [4.69, 9.17) is 15.7 Å². The summed E-state index contributed by atoms with van der Waals surface area (Å²) < 4.78 is 21.1. The van der Waals surface area contributed by atoms with Gasteiger partial charge in [0.05, 0.1) is 11.0 Å². The quantitative estimate of drug-likeness (QED) is 0.372. The maximum absolute atomic E-state index is 10.5. The summed E-state index contributed by atoms with van der Waals surface area (Å²) in [7, 11) is 0. The van der Waals surface area contributed by atoms with Crippen molar-refractivity contribution in [3.63, 3.8) is 0 Å². The lowest BCUT2D eigenvalue weighted by molar-refractivity contribution is -0.385. The molecule has 0 saturated carbocycles. The molecule has 0 bridgehead atoms. The molecule has 0 fully saturated rings. The van der Waals surface area contributed by atoms with E-state index < -0.39 is 23.0 Å². The summed E-state index contributed by atoms with van der Waals surface area (Å²) in [5, 5.41) is 10.4. The molecule has 0 aliphatic rings. The summed E-state index contributed by atoms with van der Waals surface area (Å²) in [6.45, 7) is -2.56. The van der Waals surface area contributed by atoms with Gasteiger partial charge in [0.25, 0.3) is 5.69 Å². The molecular formula is C6H5ClN2O2. The van der Waals surface area contributed by atoms with Gasteiger partial charge in [0, 0.05) is 15.9 Å². The van der Waals surface area contributed by atoms with E-state index in [0.717, 1.165) is 12.3 Å². The molecule has 0 radical (unpaired) electrons. The lowest BCUT2D eigenvalue weighted by atomic mass is 10.3. The van der Waals surface area contributed by atoms with Gasteiger partial charge in [-0.2, -0.15) is 0 Å². The molecule has 0 aromatic carbocycles. The van der Waals surface area contributed by atoms with Crippen molar-refractivity contribution in [2.75, 3.05) is 0 Å². The summed E-state index contributed by atoms with van der Waals surface area (Å²) in [5.41, 5.74) is -0.947. The number of rotatable bonds is 1. The normalized spacial score (nSPS) is 14.8. The molecule has 0 unspecified atom stereocenters. The molecule has 0 N–H and O–H groups in total. The SMILES string of the molecule is [2H]C([2H])([2H])c1cnc(Cl)cc1[N+](=O)[O-]. The van der Waals surface area contributed by atoms with Crippen LogP contribution in [0.5, 0.6) is 0 Å². The fraction of sp³-hybridized carbons (Fsp3) is 0.167. The minimum absolute atomic E-state index is 0.107. The molecule has 0 aliphatic heterocycles. The molecule has 1 aromatic heterocycles. The average molecular weight is 176 g/mol. The molecule has 0 atom stereocenters. The summed E-state index contributed by atoms with van der Waals surface area (Å²) >= 11 is 5.41. The summed E-state index contributed by atoms with van der Waals surface area (Å²) in [6.07, 6.45) is 0.896. The van der Waals surface area contributed by atoms with Crippen molar-refractivity contribution >= 4 is 17.3 Å². The highest BCUT2D eigenvalue weighted by Crippen LogP contribution is 2.19. The van der Waals surface area contributed by atoms with E-state index in [1.807, 2.05) is 0 Å². The lowest BCUT2D eigenvalue weighted by Gasteiger charge is -1.94. The number of nitro groups is 1. The van der Waals surface area contributed by atoms with Crippen molar-refractivity contribution in [3.05, 3.63) is 33.1 Å². The van der Waals surface area contributed by atoms with Crippen LogP contribution in [0, 0.1) is 17.0 Å². The first kappa shape index (κ1) is 4.66. The zero-order chi connectivity index (χ0) is 10.9. The zero-order valence-corrected chi connectivity index (χ0v) is 6.00. The topological polar surface area (TPSA) is 56.0 Å². The summed E-state index contributed by atoms with van der Waals surface area (Å²) in [6, 6.07) is 0.920. The number of halogens is 1. The first-order valence-electron chi connectivity index (χ1n) is 4.13. The third-order valence-corrected chi connectivity index (χ3v) is 1.25. The number of hydrogen-bond donors (Lipinski definition) is 0. The van der Waals surface area contributed by atoms with Gasteiger partial charge in [0.2, 0.25) is 0 Å². The van der Waals surface area contributed by atoms with Gasteiger partial charge in [-0.3, -0.25) is 10.1 Å². The van der Waals surface area contributed by atoms with E-state index >= 15 is 0 Å². The first-order chi connectivity index (χ1) is 6.32. The number of aromatic nitrogens is 1. The van der Waals surface area contributed by atoms with Gasteiger partial charge >= 0.3 is 0 Å². The third kappa shape index (κ3) is 1.65. The van der Waals surface area contributed by atoms with Crippen LogP contribution in [0.15, 0.2) is 12.3 Å². The van der Waals surface area contributed by atoms with Gasteiger partial charge in [-0.05, 0) is 6.85 Å². The van der Waals surface area contributed by atoms with Gasteiger partial charge in [-0.15, -0.1) is 0 Å². The Bertz CT molecular complexity index is 380. The minimum atomic E-state index is -2.56. The van der Waals surface area contributed by atoms with Gasteiger partial charge < -0.3 is 0 Å². The fourth-order valence-corrected chi connectivity index (χ4v) is 0.723. The smallest absolute Gasteiger partial charge is 0.258 e. The van der Waals surface area contributed by atoms with Crippen molar-refractivity contribution in [2.24, 2.45) is 0 Å². The Balaban J connectivity index is 3.37. The molecule has 0 aliphatic carbocycles. The maximum Gasteiger partial charge on any atom is 0.276 e. The van der Waals surface area contributed by atoms with Crippen LogP contribution in [-0.2, 0) is 0 Å². The number of nitrogens with zero attached hydrogens (tertiary/aromatic N) is 2. The molecule has 11 heavy (non-hydrogen) atoms. The molecule has 0 spiro atoms. The molecule has 0 amide bonds. The Morgan fingerprint density at radius 1 is 1.91 bits per heavy atom. The van der Waals surface area contributed by atoms with Crippen molar-refractivity contribution in [1.29, 1.82) is 0 Å². The molecular weight excluding hydrogens is 168 g/mol. The average Bonchev–Trinajstić information content (AvgIpc) is 2.01. The highest BCUT2D eigenvalue weighted by Gasteiger charge is 2.10. The van der Waals surface area contributed by atoms with Crippen LogP contribution >= 0.6 is 11.6 Å². The van der Waals surface area contributed by atoms with Crippen molar-refractivity contribution < 1.29 is 9.04 Å². The van der Waals surface area contributed by atoms with Crippen LogP contribution in [0.2, 0.25) is 5.15 Å². The highest BCUT2D eigenvalue weighted by atomic mass is 35.5. The Morgan fingerprint density at radius 3 is 3.18 bits per heavy atom. The number of pyridine rings is 1. The Hall–Kier alpha value is -1.16. The van der Waals surface area contributed by atoms with Crippen LogP contribution in [-0.4, -0.2) is 9.91 Å². The van der Waals surface area contributed by atoms with Gasteiger partial charge in [0.1, 0.15) is 5.15 Å². The Labute approximate surface area is 72.2 Å². The van der Waals surface area contributed by atoms with Gasteiger partial charge in [-0.1, -0.05) is 11.6 Å². The number of aryl methyl sites for hydroxylation is 1. The molecule has 0 saturated heterocycles. The molecule has 1 rings (SSSR count). The third-order valence-electron chi connectivity index (χ3n) is 1.05.